The monoisotopic (exact) mass is 373 g/mol. The number of nitrogens with one attached hydrogen (secondary N) is 3. The Morgan fingerprint density at radius 1 is 0.963 bits per heavy atom. The second kappa shape index (κ2) is 10.3. The molecular weight excluding hydrogens is 334 g/mol. The molecule has 0 saturated heterocycles. The minimum atomic E-state index is -0.146. The van der Waals surface area contributed by atoms with Gasteiger partial charge in [0.05, 0.1) is 0 Å². The third kappa shape index (κ3) is 5.58. The lowest BCUT2D eigenvalue weighted by Crippen LogP contribution is -2.44. The summed E-state index contributed by atoms with van der Waals surface area (Å²) >= 11 is 0. The van der Waals surface area contributed by atoms with Crippen molar-refractivity contribution in [2.24, 2.45) is 5.92 Å². The Kier molecular flexibility index (Phi) is 7.78. The van der Waals surface area contributed by atoms with Gasteiger partial charge in [0.25, 0.3) is 5.91 Å². The first-order valence-electron chi connectivity index (χ1n) is 11.6. The van der Waals surface area contributed by atoms with Crippen molar-refractivity contribution in [2.45, 2.75) is 115 Å². The van der Waals surface area contributed by atoms with Crippen LogP contribution in [0.15, 0.2) is 11.3 Å². The van der Waals surface area contributed by atoms with E-state index < -0.39 is 0 Å². The molecule has 0 aromatic heterocycles. The maximum atomic E-state index is 12.9. The van der Waals surface area contributed by atoms with E-state index in [1.165, 1.54) is 76.3 Å². The standard InChI is InChI=1S/C23H39N3O/c1-2-20(17-11-5-3-6-12-17)26-23(27)22(24)19-15-9-10-16-21(19)25-18-13-7-4-8-14-18/h17-18,20,24-25H,2-16H2,1H3,(H,26,27). The molecule has 1 amide bonds. The van der Waals surface area contributed by atoms with E-state index in [0.717, 1.165) is 31.3 Å². The highest BCUT2D eigenvalue weighted by molar-refractivity contribution is 6.44. The molecule has 27 heavy (non-hydrogen) atoms. The van der Waals surface area contributed by atoms with Gasteiger partial charge in [0.15, 0.2) is 0 Å². The van der Waals surface area contributed by atoms with Crippen molar-refractivity contribution >= 4 is 11.6 Å². The first-order chi connectivity index (χ1) is 13.2. The molecule has 0 radical (unpaired) electrons. The number of carbonyl (C=O) groups excluding carboxylic acids is 1. The van der Waals surface area contributed by atoms with Crippen LogP contribution in [0.25, 0.3) is 0 Å². The van der Waals surface area contributed by atoms with Crippen molar-refractivity contribution in [3.8, 4) is 0 Å². The molecule has 0 bridgehead atoms. The van der Waals surface area contributed by atoms with Crippen LogP contribution in [0, 0.1) is 11.3 Å². The molecule has 3 aliphatic carbocycles. The molecule has 0 aromatic carbocycles. The lowest BCUT2D eigenvalue weighted by Gasteiger charge is -2.31. The third-order valence-corrected chi connectivity index (χ3v) is 6.96. The Balaban J connectivity index is 1.64. The summed E-state index contributed by atoms with van der Waals surface area (Å²) in [5.74, 6) is 0.452. The zero-order chi connectivity index (χ0) is 19.1. The predicted octanol–water partition coefficient (Wildman–Crippen LogP) is 5.23. The fourth-order valence-corrected chi connectivity index (χ4v) is 5.30. The molecule has 0 heterocycles. The molecule has 0 spiro atoms. The third-order valence-electron chi connectivity index (χ3n) is 6.96. The van der Waals surface area contributed by atoms with Crippen LogP contribution >= 0.6 is 0 Å². The minimum Gasteiger partial charge on any atom is -0.385 e. The number of amides is 1. The Morgan fingerprint density at radius 3 is 2.26 bits per heavy atom. The normalized spacial score (nSPS) is 23.7. The van der Waals surface area contributed by atoms with Gasteiger partial charge in [-0.3, -0.25) is 10.2 Å². The largest absolute Gasteiger partial charge is 0.385 e. The summed E-state index contributed by atoms with van der Waals surface area (Å²) in [6.07, 6.45) is 17.9. The molecule has 1 atom stereocenters. The highest BCUT2D eigenvalue weighted by Gasteiger charge is 2.28. The average molecular weight is 374 g/mol. The van der Waals surface area contributed by atoms with Gasteiger partial charge in [-0.05, 0) is 63.7 Å². The molecule has 152 valence electrons. The summed E-state index contributed by atoms with van der Waals surface area (Å²) in [6.45, 7) is 2.17. The van der Waals surface area contributed by atoms with Gasteiger partial charge in [0, 0.05) is 23.4 Å². The lowest BCUT2D eigenvalue weighted by atomic mass is 9.82. The molecular formula is C23H39N3O. The van der Waals surface area contributed by atoms with Crippen LogP contribution < -0.4 is 10.6 Å². The van der Waals surface area contributed by atoms with Crippen molar-refractivity contribution in [1.82, 2.24) is 10.6 Å². The summed E-state index contributed by atoms with van der Waals surface area (Å²) in [6, 6.07) is 0.778. The molecule has 1 unspecified atom stereocenters. The van der Waals surface area contributed by atoms with E-state index in [0.29, 0.717) is 12.0 Å². The van der Waals surface area contributed by atoms with Crippen molar-refractivity contribution in [1.29, 1.82) is 5.41 Å². The first-order valence-corrected chi connectivity index (χ1v) is 11.6. The van der Waals surface area contributed by atoms with E-state index in [-0.39, 0.29) is 17.7 Å². The second-order valence-corrected chi connectivity index (χ2v) is 8.90. The summed E-state index contributed by atoms with van der Waals surface area (Å²) in [5.41, 5.74) is 2.41. The van der Waals surface area contributed by atoms with Crippen molar-refractivity contribution in [3.63, 3.8) is 0 Å². The Morgan fingerprint density at radius 2 is 1.59 bits per heavy atom. The van der Waals surface area contributed by atoms with E-state index in [9.17, 15) is 4.79 Å². The highest BCUT2D eigenvalue weighted by atomic mass is 16.1. The van der Waals surface area contributed by atoms with Gasteiger partial charge in [-0.1, -0.05) is 45.4 Å². The number of carbonyl (C=O) groups is 1. The Hall–Kier alpha value is -1.32. The van der Waals surface area contributed by atoms with Crippen molar-refractivity contribution < 1.29 is 4.79 Å². The molecule has 2 fully saturated rings. The van der Waals surface area contributed by atoms with Crippen LogP contribution in [0.5, 0.6) is 0 Å². The summed E-state index contributed by atoms with van der Waals surface area (Å²) in [4.78, 5) is 12.9. The zero-order valence-electron chi connectivity index (χ0n) is 17.2. The first kappa shape index (κ1) is 20.4. The van der Waals surface area contributed by atoms with Crippen LogP contribution in [0.4, 0.5) is 0 Å². The van der Waals surface area contributed by atoms with Gasteiger partial charge in [-0.15, -0.1) is 0 Å². The molecule has 0 aliphatic heterocycles. The summed E-state index contributed by atoms with van der Waals surface area (Å²) < 4.78 is 0. The number of hydrogen-bond donors (Lipinski definition) is 3. The van der Waals surface area contributed by atoms with E-state index >= 15 is 0 Å². The topological polar surface area (TPSA) is 65.0 Å². The molecule has 4 heteroatoms. The van der Waals surface area contributed by atoms with Gasteiger partial charge in [-0.25, -0.2) is 0 Å². The van der Waals surface area contributed by atoms with Gasteiger partial charge < -0.3 is 10.6 Å². The number of hydrogen-bond acceptors (Lipinski definition) is 3. The molecule has 0 aromatic rings. The molecule has 3 N–H and O–H groups in total. The Labute approximate surface area is 165 Å². The zero-order valence-corrected chi connectivity index (χ0v) is 17.2. The van der Waals surface area contributed by atoms with Crippen LogP contribution in [0.1, 0.15) is 103 Å². The SMILES string of the molecule is CCC(NC(=O)C(=N)C1=C(NC2CCCCC2)CCCC1)C1CCCCC1. The van der Waals surface area contributed by atoms with Crippen LogP contribution in [-0.4, -0.2) is 23.7 Å². The van der Waals surface area contributed by atoms with E-state index in [4.69, 9.17) is 5.41 Å². The van der Waals surface area contributed by atoms with E-state index in [1.54, 1.807) is 0 Å². The average Bonchev–Trinajstić information content (AvgIpc) is 2.73. The number of rotatable bonds is 7. The van der Waals surface area contributed by atoms with E-state index in [1.807, 2.05) is 0 Å². The predicted molar refractivity (Wildman–Crippen MR) is 112 cm³/mol. The fraction of sp³-hybridized carbons (Fsp3) is 0.826. The van der Waals surface area contributed by atoms with Crippen molar-refractivity contribution in [3.05, 3.63) is 11.3 Å². The maximum absolute atomic E-state index is 12.9. The minimum absolute atomic E-state index is 0.146. The summed E-state index contributed by atoms with van der Waals surface area (Å²) in [5, 5.41) is 15.6. The van der Waals surface area contributed by atoms with E-state index in [2.05, 4.69) is 17.6 Å². The van der Waals surface area contributed by atoms with Gasteiger partial charge in [0.1, 0.15) is 5.71 Å². The van der Waals surface area contributed by atoms with Gasteiger partial charge in [-0.2, -0.15) is 0 Å². The van der Waals surface area contributed by atoms with Crippen LogP contribution in [-0.2, 0) is 4.79 Å². The quantitative estimate of drug-likeness (QED) is 0.535. The fourth-order valence-electron chi connectivity index (χ4n) is 5.30. The van der Waals surface area contributed by atoms with Crippen LogP contribution in [0.3, 0.4) is 0 Å². The smallest absolute Gasteiger partial charge is 0.269 e. The molecule has 4 nitrogen and oxygen atoms in total. The maximum Gasteiger partial charge on any atom is 0.269 e. The van der Waals surface area contributed by atoms with Gasteiger partial charge in [0.2, 0.25) is 0 Å². The summed E-state index contributed by atoms with van der Waals surface area (Å²) in [7, 11) is 0. The van der Waals surface area contributed by atoms with Crippen LogP contribution in [0.2, 0.25) is 0 Å². The Bertz CT molecular complexity index is 542. The highest BCUT2D eigenvalue weighted by Crippen LogP contribution is 2.29. The second-order valence-electron chi connectivity index (χ2n) is 8.90. The van der Waals surface area contributed by atoms with Crippen molar-refractivity contribution in [2.75, 3.05) is 0 Å². The number of allylic oxidation sites excluding steroid dienone is 1. The van der Waals surface area contributed by atoms with Gasteiger partial charge >= 0.3 is 0 Å². The molecule has 3 rings (SSSR count). The molecule has 3 aliphatic rings. The lowest BCUT2D eigenvalue weighted by molar-refractivity contribution is -0.116. The molecule has 2 saturated carbocycles.